The van der Waals surface area contributed by atoms with Gasteiger partial charge in [-0.15, -0.1) is 0 Å². The van der Waals surface area contributed by atoms with Crippen LogP contribution in [0.15, 0.2) is 47.5 Å². The number of hydrogen-bond donors (Lipinski definition) is 2. The molecule has 4 heterocycles. The largest absolute Gasteiger partial charge is 0.485 e. The molecule has 3 aromatic rings. The minimum absolute atomic E-state index is 0.169. The molecule has 5 rings (SSSR count). The lowest BCUT2D eigenvalue weighted by molar-refractivity contribution is -0.138. The van der Waals surface area contributed by atoms with E-state index in [1.165, 1.54) is 17.5 Å². The second kappa shape index (κ2) is 13.5. The summed E-state index contributed by atoms with van der Waals surface area (Å²) < 4.78 is 11.2. The Morgan fingerprint density at radius 1 is 1.24 bits per heavy atom. The van der Waals surface area contributed by atoms with Crippen molar-refractivity contribution < 1.29 is 23.8 Å². The van der Waals surface area contributed by atoms with Crippen molar-refractivity contribution in [2.45, 2.75) is 59.3 Å². The van der Waals surface area contributed by atoms with Crippen LogP contribution in [0.5, 0.6) is 5.75 Å². The van der Waals surface area contributed by atoms with Gasteiger partial charge < -0.3 is 24.5 Å². The van der Waals surface area contributed by atoms with Gasteiger partial charge in [-0.3, -0.25) is 19.5 Å². The van der Waals surface area contributed by atoms with Crippen molar-refractivity contribution in [1.29, 1.82) is 0 Å². The Balaban J connectivity index is 1.05. The number of carbonyl (C=O) groups excluding carboxylic acids is 2. The van der Waals surface area contributed by atoms with E-state index in [2.05, 4.69) is 47.0 Å². The fourth-order valence-electron chi connectivity index (χ4n) is 5.73. The number of aromatic nitrogens is 2. The normalized spacial score (nSPS) is 16.2. The predicted molar refractivity (Wildman–Crippen MR) is 157 cm³/mol. The third kappa shape index (κ3) is 7.54. The molecule has 1 saturated heterocycles. The minimum Gasteiger partial charge on any atom is -0.485 e. The molecule has 224 valence electrons. The quantitative estimate of drug-likeness (QED) is 0.338. The lowest BCUT2D eigenvalue weighted by Gasteiger charge is -2.39. The van der Waals surface area contributed by atoms with E-state index in [0.29, 0.717) is 42.7 Å². The summed E-state index contributed by atoms with van der Waals surface area (Å²) in [6, 6.07) is 7.58. The third-order valence-corrected chi connectivity index (χ3v) is 8.01. The van der Waals surface area contributed by atoms with Crippen molar-refractivity contribution in [3.8, 4) is 5.75 Å². The number of rotatable bonds is 12. The molecule has 42 heavy (non-hydrogen) atoms. The summed E-state index contributed by atoms with van der Waals surface area (Å²) in [5.74, 6) is 2.23. The molecule has 0 bridgehead atoms. The summed E-state index contributed by atoms with van der Waals surface area (Å²) in [5, 5.41) is 13.6. The fourth-order valence-corrected chi connectivity index (χ4v) is 5.73. The van der Waals surface area contributed by atoms with Gasteiger partial charge in [-0.2, -0.15) is 0 Å². The number of nitrogens with one attached hydrogen (secondary N) is 1. The molecule has 0 unspecified atom stereocenters. The van der Waals surface area contributed by atoms with Crippen LogP contribution in [0, 0.1) is 18.8 Å². The predicted octanol–water partition coefficient (Wildman–Crippen LogP) is 3.15. The Hall–Kier alpha value is -3.76. The number of nitrogens with zero attached hydrogens (tertiary/aromatic N) is 4. The molecule has 2 aliphatic rings. The molecule has 10 nitrogen and oxygen atoms in total. The number of benzene rings is 1. The zero-order chi connectivity index (χ0) is 29.6. The zero-order valence-electron chi connectivity index (χ0n) is 24.7. The van der Waals surface area contributed by atoms with Crippen molar-refractivity contribution in [3.05, 3.63) is 76.8 Å². The van der Waals surface area contributed by atoms with Gasteiger partial charge in [0.05, 0.1) is 12.3 Å². The number of fused-ring (bicyclic) bond motifs is 1. The van der Waals surface area contributed by atoms with Crippen LogP contribution in [0.4, 0.5) is 0 Å². The minimum atomic E-state index is -0.688. The molecule has 0 aliphatic carbocycles. The molecule has 0 spiro atoms. The van der Waals surface area contributed by atoms with Gasteiger partial charge in [0.25, 0.3) is 5.91 Å². The second-order valence-electron chi connectivity index (χ2n) is 11.9. The number of pyridine rings is 1. The summed E-state index contributed by atoms with van der Waals surface area (Å²) >= 11 is 0. The average molecular weight is 576 g/mol. The number of ether oxygens (including phenoxy) is 1. The second-order valence-corrected chi connectivity index (χ2v) is 11.9. The van der Waals surface area contributed by atoms with E-state index in [1.807, 2.05) is 17.0 Å². The van der Waals surface area contributed by atoms with Crippen LogP contribution in [-0.4, -0.2) is 75.5 Å². The summed E-state index contributed by atoms with van der Waals surface area (Å²) in [6.45, 7) is 10.2. The van der Waals surface area contributed by atoms with Gasteiger partial charge >= 0.3 is 0 Å². The van der Waals surface area contributed by atoms with Crippen molar-refractivity contribution >= 4 is 11.8 Å². The van der Waals surface area contributed by atoms with E-state index in [9.17, 15) is 14.7 Å². The number of aliphatic hydroxyl groups is 1. The number of amides is 2. The summed E-state index contributed by atoms with van der Waals surface area (Å²) in [6.07, 6.45) is 6.19. The Morgan fingerprint density at radius 3 is 2.83 bits per heavy atom. The molecule has 2 aliphatic heterocycles. The number of hydrogen-bond acceptors (Lipinski definition) is 8. The van der Waals surface area contributed by atoms with Crippen LogP contribution in [0.25, 0.3) is 0 Å². The van der Waals surface area contributed by atoms with Crippen molar-refractivity contribution in [2.75, 3.05) is 32.7 Å². The molecule has 1 aromatic carbocycles. The molecule has 1 atom stereocenters. The first kappa shape index (κ1) is 29.7. The molecule has 0 radical (unpaired) electrons. The van der Waals surface area contributed by atoms with Gasteiger partial charge in [0.15, 0.2) is 12.2 Å². The maximum Gasteiger partial charge on any atom is 0.251 e. The molecule has 2 aromatic heterocycles. The molecule has 1 fully saturated rings. The Morgan fingerprint density at radius 2 is 2.07 bits per heavy atom. The van der Waals surface area contributed by atoms with Gasteiger partial charge in [-0.05, 0) is 66.5 Å². The molecular weight excluding hydrogens is 534 g/mol. The van der Waals surface area contributed by atoms with Crippen LogP contribution >= 0.6 is 0 Å². The zero-order valence-corrected chi connectivity index (χ0v) is 24.7. The van der Waals surface area contributed by atoms with Crippen LogP contribution in [-0.2, 0) is 30.8 Å². The van der Waals surface area contributed by atoms with Gasteiger partial charge in [0.2, 0.25) is 5.91 Å². The van der Waals surface area contributed by atoms with E-state index in [-0.39, 0.29) is 18.4 Å². The monoisotopic (exact) mass is 575 g/mol. The van der Waals surface area contributed by atoms with E-state index in [4.69, 9.17) is 9.15 Å². The SMILES string of the molecule is Cc1c(OCc2cnco2)ccc2c1CCN(C[C@@H](O)CNC(=O)c1ccnc(CC3CN(C(=O)CC(C)C)C3)c1)C2. The van der Waals surface area contributed by atoms with E-state index in [1.54, 1.807) is 18.5 Å². The van der Waals surface area contributed by atoms with Crippen LogP contribution in [0.2, 0.25) is 0 Å². The highest BCUT2D eigenvalue weighted by molar-refractivity contribution is 5.94. The number of β-amino-alcohol motifs (C(OH)–C–C–N with tert-alkyl or cyclic N) is 1. The molecule has 0 saturated carbocycles. The van der Waals surface area contributed by atoms with Gasteiger partial charge in [0, 0.05) is 63.1 Å². The van der Waals surface area contributed by atoms with E-state index in [0.717, 1.165) is 56.0 Å². The van der Waals surface area contributed by atoms with Gasteiger partial charge in [-0.1, -0.05) is 19.9 Å². The highest BCUT2D eigenvalue weighted by Crippen LogP contribution is 2.30. The van der Waals surface area contributed by atoms with Crippen molar-refractivity contribution in [3.63, 3.8) is 0 Å². The molecule has 10 heteroatoms. The van der Waals surface area contributed by atoms with Crippen molar-refractivity contribution in [2.24, 2.45) is 11.8 Å². The standard InChI is InChI=1S/C32H41N5O5/c1-21(2)10-31(39)37-15-23(16-37)11-26-12-24(6-8-34-26)32(40)35-13-27(38)18-36-9-7-29-22(3)30(5-4-25(29)17-36)41-19-28-14-33-20-42-28/h4-6,8,12,14,20-21,23,27,38H,7,9-11,13,15-19H2,1-3H3,(H,35,40)/t27-/m0/s1. The smallest absolute Gasteiger partial charge is 0.251 e. The number of aliphatic hydroxyl groups excluding tert-OH is 1. The molecule has 2 N–H and O–H groups in total. The number of carbonyl (C=O) groups is 2. The Labute approximate surface area is 247 Å². The first-order chi connectivity index (χ1) is 20.2. The van der Waals surface area contributed by atoms with Crippen LogP contribution in [0.3, 0.4) is 0 Å². The first-order valence-electron chi connectivity index (χ1n) is 14.8. The Kier molecular flexibility index (Phi) is 9.54. The highest BCUT2D eigenvalue weighted by Gasteiger charge is 2.31. The maximum absolute atomic E-state index is 12.8. The van der Waals surface area contributed by atoms with E-state index < -0.39 is 6.10 Å². The third-order valence-electron chi connectivity index (χ3n) is 8.01. The van der Waals surface area contributed by atoms with Crippen LogP contribution < -0.4 is 10.1 Å². The fraction of sp³-hybridized carbons (Fsp3) is 0.500. The molecular formula is C32H41N5O5. The van der Waals surface area contributed by atoms with Crippen molar-refractivity contribution in [1.82, 2.24) is 25.1 Å². The van der Waals surface area contributed by atoms with Crippen LogP contribution in [0.1, 0.15) is 58.8 Å². The summed E-state index contributed by atoms with van der Waals surface area (Å²) in [4.78, 5) is 37.5. The number of likely N-dealkylation sites (tertiary alicyclic amines) is 1. The first-order valence-corrected chi connectivity index (χ1v) is 14.8. The van der Waals surface area contributed by atoms with E-state index >= 15 is 0 Å². The maximum atomic E-state index is 12.8. The Bertz CT molecular complexity index is 1370. The molecule has 2 amide bonds. The lowest BCUT2D eigenvalue weighted by atomic mass is 9.93. The average Bonchev–Trinajstić information content (AvgIpc) is 3.46. The number of oxazole rings is 1. The van der Waals surface area contributed by atoms with Gasteiger partial charge in [-0.25, -0.2) is 4.98 Å². The summed E-state index contributed by atoms with van der Waals surface area (Å²) in [5.41, 5.74) is 5.02. The van der Waals surface area contributed by atoms with Gasteiger partial charge in [0.1, 0.15) is 12.4 Å². The lowest BCUT2D eigenvalue weighted by Crippen LogP contribution is -2.51. The topological polar surface area (TPSA) is 121 Å². The highest BCUT2D eigenvalue weighted by atomic mass is 16.5. The summed E-state index contributed by atoms with van der Waals surface area (Å²) in [7, 11) is 0.